The largest absolute Gasteiger partial charge is 0.493 e. The standard InChI is InChI=1S/C11H9BrF2N2O2/c1-5-15-7-4-9(18-11(13)14)8(17-2)3-6(7)10(12)16-5/h3-4,11H,1-2H3. The number of benzene rings is 1. The van der Waals surface area contributed by atoms with E-state index in [9.17, 15) is 8.78 Å². The van der Waals surface area contributed by atoms with E-state index in [1.807, 2.05) is 0 Å². The molecule has 1 aromatic carbocycles. The number of nitrogens with zero attached hydrogens (tertiary/aromatic N) is 2. The number of methoxy groups -OCH3 is 1. The number of aromatic nitrogens is 2. The molecular formula is C11H9BrF2N2O2. The Hall–Kier alpha value is -1.50. The normalized spacial score (nSPS) is 11.0. The first-order valence-electron chi connectivity index (χ1n) is 4.98. The fraction of sp³-hybridized carbons (Fsp3) is 0.273. The minimum atomic E-state index is -2.91. The van der Waals surface area contributed by atoms with Crippen LogP contribution < -0.4 is 9.47 Å². The molecule has 18 heavy (non-hydrogen) atoms. The molecule has 0 aliphatic heterocycles. The number of aryl methyl sites for hydroxylation is 1. The molecule has 0 fully saturated rings. The van der Waals surface area contributed by atoms with Gasteiger partial charge >= 0.3 is 6.61 Å². The highest BCUT2D eigenvalue weighted by molar-refractivity contribution is 9.10. The van der Waals surface area contributed by atoms with Crippen molar-refractivity contribution in [2.24, 2.45) is 0 Å². The lowest BCUT2D eigenvalue weighted by Gasteiger charge is -2.11. The summed E-state index contributed by atoms with van der Waals surface area (Å²) in [6.45, 7) is -1.20. The molecule has 0 aliphatic rings. The predicted molar refractivity (Wildman–Crippen MR) is 65.2 cm³/mol. The Morgan fingerprint density at radius 3 is 2.56 bits per heavy atom. The summed E-state index contributed by atoms with van der Waals surface area (Å²) in [5.41, 5.74) is 0.505. The molecule has 0 spiro atoms. The molecule has 4 nitrogen and oxygen atoms in total. The van der Waals surface area contributed by atoms with Gasteiger partial charge in [-0.1, -0.05) is 0 Å². The maximum atomic E-state index is 12.3. The highest BCUT2D eigenvalue weighted by Crippen LogP contribution is 2.34. The van der Waals surface area contributed by atoms with Crippen LogP contribution in [0.2, 0.25) is 0 Å². The van der Waals surface area contributed by atoms with E-state index >= 15 is 0 Å². The van der Waals surface area contributed by atoms with Crippen LogP contribution in [0.4, 0.5) is 8.78 Å². The number of hydrogen-bond donors (Lipinski definition) is 0. The second-order valence-electron chi connectivity index (χ2n) is 3.46. The third-order valence-corrected chi connectivity index (χ3v) is 2.87. The molecule has 96 valence electrons. The molecule has 1 aromatic heterocycles. The van der Waals surface area contributed by atoms with Crippen LogP contribution in [-0.2, 0) is 0 Å². The van der Waals surface area contributed by atoms with Crippen LogP contribution in [0.5, 0.6) is 11.5 Å². The minimum Gasteiger partial charge on any atom is -0.493 e. The Balaban J connectivity index is 2.65. The fourth-order valence-corrected chi connectivity index (χ4v) is 2.13. The molecule has 2 rings (SSSR count). The van der Waals surface area contributed by atoms with Gasteiger partial charge < -0.3 is 9.47 Å². The molecule has 2 aromatic rings. The lowest BCUT2D eigenvalue weighted by atomic mass is 10.2. The third-order valence-electron chi connectivity index (χ3n) is 2.26. The smallest absolute Gasteiger partial charge is 0.387 e. The first-order valence-corrected chi connectivity index (χ1v) is 5.77. The zero-order valence-corrected chi connectivity index (χ0v) is 11.2. The molecule has 0 saturated heterocycles. The van der Waals surface area contributed by atoms with E-state index < -0.39 is 6.61 Å². The van der Waals surface area contributed by atoms with Crippen LogP contribution in [0.3, 0.4) is 0 Å². The zero-order valence-electron chi connectivity index (χ0n) is 9.58. The van der Waals surface area contributed by atoms with Crippen LogP contribution in [0, 0.1) is 6.92 Å². The predicted octanol–water partition coefficient (Wildman–Crippen LogP) is 3.31. The Kier molecular flexibility index (Phi) is 3.60. The van der Waals surface area contributed by atoms with Gasteiger partial charge in [-0.2, -0.15) is 8.78 Å². The molecule has 1 heterocycles. The van der Waals surface area contributed by atoms with Gasteiger partial charge in [0.1, 0.15) is 10.4 Å². The summed E-state index contributed by atoms with van der Waals surface area (Å²) in [7, 11) is 1.38. The minimum absolute atomic E-state index is 0.0509. The van der Waals surface area contributed by atoms with E-state index in [0.717, 1.165) is 0 Å². The van der Waals surface area contributed by atoms with Crippen LogP contribution in [-0.4, -0.2) is 23.7 Å². The number of fused-ring (bicyclic) bond motifs is 1. The van der Waals surface area contributed by atoms with Crippen molar-refractivity contribution in [3.05, 3.63) is 22.6 Å². The lowest BCUT2D eigenvalue weighted by molar-refractivity contribution is -0.0511. The number of rotatable bonds is 3. The Labute approximate surface area is 110 Å². The van der Waals surface area contributed by atoms with E-state index in [1.54, 1.807) is 13.0 Å². The third kappa shape index (κ3) is 2.50. The number of halogens is 3. The van der Waals surface area contributed by atoms with Crippen LogP contribution >= 0.6 is 15.9 Å². The maximum Gasteiger partial charge on any atom is 0.387 e. The summed E-state index contributed by atoms with van der Waals surface area (Å²) in [6, 6.07) is 2.95. The molecule has 0 atom stereocenters. The summed E-state index contributed by atoms with van der Waals surface area (Å²) < 4.78 is 34.5. The van der Waals surface area contributed by atoms with Gasteiger partial charge in [-0.25, -0.2) is 9.97 Å². The van der Waals surface area contributed by atoms with Crippen molar-refractivity contribution in [3.8, 4) is 11.5 Å². The first-order chi connectivity index (χ1) is 8.51. The summed E-state index contributed by atoms with van der Waals surface area (Å²) >= 11 is 3.29. The average Bonchev–Trinajstić information content (AvgIpc) is 2.27. The van der Waals surface area contributed by atoms with Gasteiger partial charge in [-0.15, -0.1) is 0 Å². The second-order valence-corrected chi connectivity index (χ2v) is 4.21. The van der Waals surface area contributed by atoms with Crippen molar-refractivity contribution in [1.29, 1.82) is 0 Å². The summed E-state index contributed by atoms with van der Waals surface area (Å²) in [5.74, 6) is 0.684. The molecule has 0 bridgehead atoms. The zero-order chi connectivity index (χ0) is 13.3. The van der Waals surface area contributed by atoms with Gasteiger partial charge in [0.2, 0.25) is 0 Å². The van der Waals surface area contributed by atoms with Crippen molar-refractivity contribution < 1.29 is 18.3 Å². The van der Waals surface area contributed by atoms with E-state index in [2.05, 4.69) is 30.6 Å². The second kappa shape index (κ2) is 5.01. The number of ether oxygens (including phenoxy) is 2. The summed E-state index contributed by atoms with van der Waals surface area (Å²) in [5, 5.41) is 0.666. The fourth-order valence-electron chi connectivity index (χ4n) is 1.56. The van der Waals surface area contributed by atoms with Crippen LogP contribution in [0.1, 0.15) is 5.82 Å². The van der Waals surface area contributed by atoms with Crippen molar-refractivity contribution in [2.45, 2.75) is 13.5 Å². The molecule has 0 saturated carbocycles. The monoisotopic (exact) mass is 318 g/mol. The highest BCUT2D eigenvalue weighted by atomic mass is 79.9. The van der Waals surface area contributed by atoms with Gasteiger partial charge in [0.15, 0.2) is 11.5 Å². The summed E-state index contributed by atoms with van der Waals surface area (Å²) in [6.07, 6.45) is 0. The van der Waals surface area contributed by atoms with Gasteiger partial charge in [-0.05, 0) is 28.9 Å². The Bertz CT molecular complexity index is 593. The average molecular weight is 319 g/mol. The van der Waals surface area contributed by atoms with Crippen LogP contribution in [0.15, 0.2) is 16.7 Å². The van der Waals surface area contributed by atoms with Gasteiger partial charge in [0.05, 0.1) is 12.6 Å². The van der Waals surface area contributed by atoms with Crippen molar-refractivity contribution in [2.75, 3.05) is 7.11 Å². The molecule has 0 N–H and O–H groups in total. The van der Waals surface area contributed by atoms with Crippen LogP contribution in [0.25, 0.3) is 10.9 Å². The number of hydrogen-bond acceptors (Lipinski definition) is 4. The van der Waals surface area contributed by atoms with E-state index in [0.29, 0.717) is 21.3 Å². The lowest BCUT2D eigenvalue weighted by Crippen LogP contribution is -2.04. The van der Waals surface area contributed by atoms with Gasteiger partial charge in [0.25, 0.3) is 0 Å². The number of alkyl halides is 2. The molecule has 0 radical (unpaired) electrons. The molecule has 7 heteroatoms. The van der Waals surface area contributed by atoms with E-state index in [-0.39, 0.29) is 11.5 Å². The SMILES string of the molecule is COc1cc2c(Br)nc(C)nc2cc1OC(F)F. The highest BCUT2D eigenvalue weighted by Gasteiger charge is 2.14. The van der Waals surface area contributed by atoms with Crippen molar-refractivity contribution in [1.82, 2.24) is 9.97 Å². The van der Waals surface area contributed by atoms with E-state index in [4.69, 9.17) is 4.74 Å². The molecule has 0 amide bonds. The first kappa shape index (κ1) is 12.9. The van der Waals surface area contributed by atoms with Crippen molar-refractivity contribution >= 4 is 26.8 Å². The Morgan fingerprint density at radius 2 is 1.94 bits per heavy atom. The molecule has 0 unspecified atom stereocenters. The summed E-state index contributed by atoms with van der Waals surface area (Å²) in [4.78, 5) is 8.29. The Morgan fingerprint density at radius 1 is 1.22 bits per heavy atom. The molecule has 0 aliphatic carbocycles. The van der Waals surface area contributed by atoms with Crippen molar-refractivity contribution in [3.63, 3.8) is 0 Å². The molecular weight excluding hydrogens is 310 g/mol. The topological polar surface area (TPSA) is 44.2 Å². The quantitative estimate of drug-likeness (QED) is 0.814. The maximum absolute atomic E-state index is 12.3. The van der Waals surface area contributed by atoms with E-state index in [1.165, 1.54) is 13.2 Å². The van der Waals surface area contributed by atoms with Gasteiger partial charge in [-0.3, -0.25) is 0 Å². The van der Waals surface area contributed by atoms with Gasteiger partial charge in [0, 0.05) is 11.5 Å².